The maximum absolute atomic E-state index is 4.69. The van der Waals surface area contributed by atoms with E-state index in [4.69, 9.17) is 0 Å². The monoisotopic (exact) mass is 175 g/mol. The smallest absolute Gasteiger partial charge is 0.0379 e. The van der Waals surface area contributed by atoms with Crippen molar-refractivity contribution in [2.24, 2.45) is 0 Å². The largest absolute Gasteiger partial charge is 0.391 e. The third-order valence-electron chi connectivity index (χ3n) is 1.08. The molecule has 0 amide bonds. The van der Waals surface area contributed by atoms with E-state index >= 15 is 0 Å². The zero-order valence-corrected chi connectivity index (χ0v) is 8.02. The van der Waals surface area contributed by atoms with Gasteiger partial charge in [-0.3, -0.25) is 0 Å². The topological polar surface area (TPSA) is 12.0 Å². The van der Waals surface area contributed by atoms with E-state index in [1.54, 1.807) is 16.5 Å². The lowest BCUT2D eigenvalue weighted by atomic mass is 10.4. The molecule has 0 aromatic carbocycles. The van der Waals surface area contributed by atoms with Crippen LogP contribution in [0.5, 0.6) is 0 Å². The average Bonchev–Trinajstić information content (AvgIpc) is 1.98. The summed E-state index contributed by atoms with van der Waals surface area (Å²) >= 11 is 6.33. The molecule has 3 heteroatoms. The van der Waals surface area contributed by atoms with Crippen molar-refractivity contribution in [3.8, 4) is 0 Å². The van der Waals surface area contributed by atoms with Crippen LogP contribution in [-0.2, 0) is 0 Å². The molecular weight excluding hydrogens is 162 g/mol. The Morgan fingerprint density at radius 3 is 2.80 bits per heavy atom. The van der Waals surface area contributed by atoms with E-state index in [2.05, 4.69) is 30.5 Å². The highest BCUT2D eigenvalue weighted by molar-refractivity contribution is 8.20. The van der Waals surface area contributed by atoms with E-state index in [9.17, 15) is 0 Å². The molecule has 0 bridgehead atoms. The van der Waals surface area contributed by atoms with E-state index in [1.807, 2.05) is 7.05 Å². The lowest BCUT2D eigenvalue weighted by Gasteiger charge is -2.02. The van der Waals surface area contributed by atoms with Crippen LogP contribution in [0.25, 0.3) is 0 Å². The molecule has 0 aliphatic carbocycles. The van der Waals surface area contributed by atoms with Gasteiger partial charge in [-0.2, -0.15) is 0 Å². The fourth-order valence-corrected chi connectivity index (χ4v) is 1.32. The lowest BCUT2D eigenvalue weighted by Crippen LogP contribution is -2.07. The summed E-state index contributed by atoms with van der Waals surface area (Å²) in [6.07, 6.45) is 3.25. The van der Waals surface area contributed by atoms with Crippen molar-refractivity contribution >= 4 is 28.7 Å². The summed E-state index contributed by atoms with van der Waals surface area (Å²) < 4.78 is 1.70. The van der Waals surface area contributed by atoms with Crippen LogP contribution in [0.4, 0.5) is 0 Å². The van der Waals surface area contributed by atoms with Crippen LogP contribution in [0.15, 0.2) is 11.8 Å². The highest BCUT2D eigenvalue weighted by atomic mass is 32.2. The molecule has 0 spiro atoms. The summed E-state index contributed by atoms with van der Waals surface area (Å²) in [5.41, 5.74) is 1.26. The SMILES string of the molecule is CC/C=C(\CSC=S)NC. The van der Waals surface area contributed by atoms with Crippen LogP contribution >= 0.6 is 24.0 Å². The van der Waals surface area contributed by atoms with Crippen LogP contribution < -0.4 is 5.32 Å². The Morgan fingerprint density at radius 1 is 1.70 bits per heavy atom. The van der Waals surface area contributed by atoms with Crippen LogP contribution in [0.2, 0.25) is 0 Å². The molecule has 0 radical (unpaired) electrons. The second-order valence-electron chi connectivity index (χ2n) is 1.79. The zero-order chi connectivity index (χ0) is 7.82. The summed E-state index contributed by atoms with van der Waals surface area (Å²) in [4.78, 5) is 0. The average molecular weight is 175 g/mol. The van der Waals surface area contributed by atoms with Gasteiger partial charge in [0.2, 0.25) is 0 Å². The Kier molecular flexibility index (Phi) is 7.08. The zero-order valence-electron chi connectivity index (χ0n) is 6.39. The maximum Gasteiger partial charge on any atom is 0.0379 e. The summed E-state index contributed by atoms with van der Waals surface area (Å²) in [5, 5.41) is 3.11. The van der Waals surface area contributed by atoms with Crippen LogP contribution in [0, 0.1) is 0 Å². The Balaban J connectivity index is 3.59. The van der Waals surface area contributed by atoms with Crippen LogP contribution in [0.3, 0.4) is 0 Å². The molecule has 0 atom stereocenters. The van der Waals surface area contributed by atoms with Crippen molar-refractivity contribution in [1.82, 2.24) is 5.32 Å². The number of thioether (sulfide) groups is 1. The van der Waals surface area contributed by atoms with E-state index < -0.39 is 0 Å². The first-order chi connectivity index (χ1) is 4.85. The van der Waals surface area contributed by atoms with Crippen molar-refractivity contribution in [1.29, 1.82) is 0 Å². The number of hydrogen-bond donors (Lipinski definition) is 1. The van der Waals surface area contributed by atoms with Gasteiger partial charge >= 0.3 is 0 Å². The first-order valence-electron chi connectivity index (χ1n) is 3.27. The van der Waals surface area contributed by atoms with Crippen molar-refractivity contribution in [2.45, 2.75) is 13.3 Å². The van der Waals surface area contributed by atoms with Gasteiger partial charge in [0.05, 0.1) is 0 Å². The third kappa shape index (κ3) is 4.82. The van der Waals surface area contributed by atoms with Gasteiger partial charge in [0.15, 0.2) is 0 Å². The summed E-state index contributed by atoms with van der Waals surface area (Å²) in [5.74, 6) is 0.966. The van der Waals surface area contributed by atoms with Gasteiger partial charge < -0.3 is 5.32 Å². The van der Waals surface area contributed by atoms with Crippen molar-refractivity contribution < 1.29 is 0 Å². The minimum Gasteiger partial charge on any atom is -0.391 e. The number of hydrogen-bond acceptors (Lipinski definition) is 3. The Labute approximate surface area is 72.3 Å². The fraction of sp³-hybridized carbons (Fsp3) is 0.571. The molecule has 0 heterocycles. The van der Waals surface area contributed by atoms with Crippen LogP contribution in [-0.4, -0.2) is 17.5 Å². The summed E-state index contributed by atoms with van der Waals surface area (Å²) in [7, 11) is 1.94. The molecule has 0 fully saturated rings. The summed E-state index contributed by atoms with van der Waals surface area (Å²) in [6.45, 7) is 2.12. The standard InChI is InChI=1S/C7H13NS2/c1-3-4-7(8-2)5-10-6-9/h4,6,8H,3,5H2,1-2H3/b7-4+. The number of allylic oxidation sites excluding steroid dienone is 1. The number of thiocarbonyl (C=S) groups is 1. The molecule has 0 saturated heterocycles. The molecule has 0 saturated carbocycles. The molecule has 58 valence electrons. The molecular formula is C7H13NS2. The normalized spacial score (nSPS) is 11.2. The first-order valence-corrected chi connectivity index (χ1v) is 4.79. The third-order valence-corrected chi connectivity index (χ3v) is 2.10. The molecule has 0 aliphatic heterocycles. The van der Waals surface area contributed by atoms with E-state index in [1.165, 1.54) is 5.70 Å². The van der Waals surface area contributed by atoms with E-state index in [0.717, 1.165) is 12.2 Å². The highest BCUT2D eigenvalue weighted by Crippen LogP contribution is 2.02. The van der Waals surface area contributed by atoms with E-state index in [-0.39, 0.29) is 0 Å². The van der Waals surface area contributed by atoms with Gasteiger partial charge in [-0.25, -0.2) is 0 Å². The molecule has 0 rings (SSSR count). The van der Waals surface area contributed by atoms with Gasteiger partial charge in [-0.05, 0) is 6.42 Å². The van der Waals surface area contributed by atoms with Gasteiger partial charge in [0, 0.05) is 23.2 Å². The Bertz CT molecular complexity index is 121. The lowest BCUT2D eigenvalue weighted by molar-refractivity contribution is 0.974. The highest BCUT2D eigenvalue weighted by Gasteiger charge is 1.89. The van der Waals surface area contributed by atoms with Gasteiger partial charge in [-0.15, -0.1) is 11.8 Å². The van der Waals surface area contributed by atoms with Crippen molar-refractivity contribution in [2.75, 3.05) is 12.8 Å². The predicted molar refractivity (Wildman–Crippen MR) is 53.5 cm³/mol. The van der Waals surface area contributed by atoms with Gasteiger partial charge in [-0.1, -0.05) is 25.2 Å². The molecule has 1 nitrogen and oxygen atoms in total. The summed E-state index contributed by atoms with van der Waals surface area (Å²) in [6, 6.07) is 0. The van der Waals surface area contributed by atoms with E-state index in [0.29, 0.717) is 0 Å². The van der Waals surface area contributed by atoms with Gasteiger partial charge in [0.25, 0.3) is 0 Å². The van der Waals surface area contributed by atoms with Crippen molar-refractivity contribution in [3.63, 3.8) is 0 Å². The predicted octanol–water partition coefficient (Wildman–Crippen LogP) is 2.19. The molecule has 0 aromatic heterocycles. The fourth-order valence-electron chi connectivity index (χ4n) is 0.603. The minimum atomic E-state index is 0.966. The quantitative estimate of drug-likeness (QED) is 0.643. The molecule has 0 aliphatic rings. The first kappa shape index (κ1) is 9.98. The molecule has 0 unspecified atom stereocenters. The minimum absolute atomic E-state index is 0.966. The van der Waals surface area contributed by atoms with Crippen LogP contribution in [0.1, 0.15) is 13.3 Å². The Morgan fingerprint density at radius 2 is 2.40 bits per heavy atom. The molecule has 1 N–H and O–H groups in total. The van der Waals surface area contributed by atoms with Gasteiger partial charge in [0.1, 0.15) is 0 Å². The Hall–Kier alpha value is -0.0200. The van der Waals surface area contributed by atoms with Crippen molar-refractivity contribution in [3.05, 3.63) is 11.8 Å². The number of rotatable bonds is 5. The second-order valence-corrected chi connectivity index (χ2v) is 3.19. The molecule has 0 aromatic rings. The second kappa shape index (κ2) is 7.09. The maximum atomic E-state index is 4.69. The number of nitrogens with one attached hydrogen (secondary N) is 1. The molecule has 10 heavy (non-hydrogen) atoms.